The van der Waals surface area contributed by atoms with Crippen LogP contribution in [0.1, 0.15) is 17.3 Å². The van der Waals surface area contributed by atoms with Crippen molar-refractivity contribution in [1.29, 1.82) is 0 Å². The number of carbonyl (C=O) groups is 1. The minimum atomic E-state index is -0.283. The molecule has 1 N–H and O–H groups in total. The number of aromatic nitrogens is 2. The van der Waals surface area contributed by atoms with Crippen LogP contribution in [0.25, 0.3) is 22.6 Å². The minimum absolute atomic E-state index is 0.283. The number of anilines is 1. The molecule has 29 heavy (non-hydrogen) atoms. The second kappa shape index (κ2) is 8.23. The van der Waals surface area contributed by atoms with Gasteiger partial charge in [0.05, 0.1) is 17.2 Å². The molecule has 0 saturated carbocycles. The van der Waals surface area contributed by atoms with E-state index in [-0.39, 0.29) is 5.91 Å². The summed E-state index contributed by atoms with van der Waals surface area (Å²) in [6.07, 6.45) is 3.36. The van der Waals surface area contributed by atoms with E-state index in [9.17, 15) is 4.79 Å². The molecular formula is C21H15BrClN3O3. The van der Waals surface area contributed by atoms with E-state index < -0.39 is 0 Å². The Morgan fingerprint density at radius 3 is 2.83 bits per heavy atom. The number of halogens is 2. The van der Waals surface area contributed by atoms with Gasteiger partial charge in [-0.15, -0.1) is 0 Å². The molecule has 4 rings (SSSR count). The van der Waals surface area contributed by atoms with E-state index in [1.807, 2.05) is 13.0 Å². The Kier molecular flexibility index (Phi) is 5.51. The van der Waals surface area contributed by atoms with Gasteiger partial charge in [0, 0.05) is 28.1 Å². The van der Waals surface area contributed by atoms with Gasteiger partial charge in [0.25, 0.3) is 5.91 Å². The lowest BCUT2D eigenvalue weighted by Gasteiger charge is -2.08. The maximum absolute atomic E-state index is 12.6. The topological polar surface area (TPSA) is 77.2 Å². The fourth-order valence-corrected chi connectivity index (χ4v) is 3.38. The molecule has 4 aromatic rings. The molecule has 0 fully saturated rings. The number of carbonyl (C=O) groups excluding carboxylic acids is 1. The zero-order valence-corrected chi connectivity index (χ0v) is 17.6. The molecule has 0 bridgehead atoms. The average molecular weight is 473 g/mol. The number of hydrogen-bond donors (Lipinski definition) is 1. The van der Waals surface area contributed by atoms with Crippen LogP contribution >= 0.6 is 27.5 Å². The number of pyridine rings is 1. The van der Waals surface area contributed by atoms with Gasteiger partial charge in [0.2, 0.25) is 5.89 Å². The molecule has 0 aliphatic heterocycles. The van der Waals surface area contributed by atoms with Crippen molar-refractivity contribution in [3.63, 3.8) is 0 Å². The third-order valence-electron chi connectivity index (χ3n) is 4.09. The molecule has 1 amide bonds. The number of amides is 1. The highest BCUT2D eigenvalue weighted by atomic mass is 79.9. The van der Waals surface area contributed by atoms with Gasteiger partial charge in [0.15, 0.2) is 5.58 Å². The summed E-state index contributed by atoms with van der Waals surface area (Å²) in [7, 11) is 0. The third kappa shape index (κ3) is 4.26. The summed E-state index contributed by atoms with van der Waals surface area (Å²) in [5.74, 6) is 0.717. The average Bonchev–Trinajstić information content (AvgIpc) is 3.13. The van der Waals surface area contributed by atoms with E-state index in [2.05, 4.69) is 31.2 Å². The van der Waals surface area contributed by atoms with Gasteiger partial charge < -0.3 is 14.5 Å². The van der Waals surface area contributed by atoms with Crippen LogP contribution in [0.5, 0.6) is 5.75 Å². The fraction of sp³-hybridized carbons (Fsp3) is 0.0952. The molecule has 0 unspecified atom stereocenters. The van der Waals surface area contributed by atoms with E-state index in [4.69, 9.17) is 20.8 Å². The summed E-state index contributed by atoms with van der Waals surface area (Å²) >= 11 is 9.56. The van der Waals surface area contributed by atoms with Gasteiger partial charge >= 0.3 is 0 Å². The number of fused-ring (bicyclic) bond motifs is 1. The SMILES string of the molecule is CCOc1ccc(C(=O)Nc2ccc3oc(-c4cncc(Br)c4)nc3c2)cc1Cl. The van der Waals surface area contributed by atoms with Crippen molar-refractivity contribution in [3.05, 3.63) is 69.9 Å². The van der Waals surface area contributed by atoms with Crippen molar-refractivity contribution in [1.82, 2.24) is 9.97 Å². The number of nitrogens with zero attached hydrogens (tertiary/aromatic N) is 2. The summed E-state index contributed by atoms with van der Waals surface area (Å²) in [5.41, 5.74) is 3.02. The Hall–Kier alpha value is -2.90. The standard InChI is InChI=1S/C21H15BrClN3O3/c1-2-28-18-5-3-12(8-16(18)23)20(27)25-15-4-6-19-17(9-15)26-21(29-19)13-7-14(22)11-24-10-13/h3-11H,2H2,1H3,(H,25,27). The largest absolute Gasteiger partial charge is 0.492 e. The van der Waals surface area contributed by atoms with Gasteiger partial charge in [-0.25, -0.2) is 4.98 Å². The first kappa shape index (κ1) is 19.4. The molecular weight excluding hydrogens is 458 g/mol. The smallest absolute Gasteiger partial charge is 0.255 e. The Labute approximate surface area is 180 Å². The fourth-order valence-electron chi connectivity index (χ4n) is 2.78. The van der Waals surface area contributed by atoms with Crippen LogP contribution in [0.4, 0.5) is 5.69 Å². The number of rotatable bonds is 5. The zero-order valence-electron chi connectivity index (χ0n) is 15.3. The van der Waals surface area contributed by atoms with Crippen LogP contribution in [-0.2, 0) is 0 Å². The molecule has 0 atom stereocenters. The van der Waals surface area contributed by atoms with Gasteiger partial charge in [0.1, 0.15) is 11.3 Å². The number of nitrogens with one attached hydrogen (secondary N) is 1. The third-order valence-corrected chi connectivity index (χ3v) is 4.82. The molecule has 0 aliphatic rings. The predicted octanol–water partition coefficient (Wildman–Crippen LogP) is 5.96. The lowest BCUT2D eigenvalue weighted by molar-refractivity contribution is 0.102. The normalized spacial score (nSPS) is 10.9. The summed E-state index contributed by atoms with van der Waals surface area (Å²) in [5, 5.41) is 3.23. The van der Waals surface area contributed by atoms with Gasteiger partial charge in [-0.3, -0.25) is 9.78 Å². The van der Waals surface area contributed by atoms with Gasteiger partial charge in [-0.2, -0.15) is 0 Å². The molecule has 0 radical (unpaired) electrons. The second-order valence-corrected chi connectivity index (χ2v) is 7.45. The van der Waals surface area contributed by atoms with Crippen molar-refractivity contribution < 1.29 is 13.9 Å². The van der Waals surface area contributed by atoms with E-state index in [1.165, 1.54) is 0 Å². The van der Waals surface area contributed by atoms with Crippen LogP contribution in [0.3, 0.4) is 0 Å². The minimum Gasteiger partial charge on any atom is -0.492 e. The summed E-state index contributed by atoms with van der Waals surface area (Å²) in [6, 6.07) is 12.1. The number of ether oxygens (including phenoxy) is 1. The highest BCUT2D eigenvalue weighted by molar-refractivity contribution is 9.10. The van der Waals surface area contributed by atoms with E-state index in [1.54, 1.807) is 48.8 Å². The Morgan fingerprint density at radius 1 is 1.21 bits per heavy atom. The quantitative estimate of drug-likeness (QED) is 0.388. The van der Waals surface area contributed by atoms with E-state index in [0.29, 0.717) is 45.6 Å². The molecule has 0 aliphatic carbocycles. The van der Waals surface area contributed by atoms with Crippen molar-refractivity contribution in [2.75, 3.05) is 11.9 Å². The van der Waals surface area contributed by atoms with Crippen molar-refractivity contribution in [3.8, 4) is 17.2 Å². The molecule has 2 aromatic heterocycles. The van der Waals surface area contributed by atoms with Crippen molar-refractivity contribution in [2.24, 2.45) is 0 Å². The molecule has 8 heteroatoms. The first-order valence-electron chi connectivity index (χ1n) is 8.78. The lowest BCUT2D eigenvalue weighted by Crippen LogP contribution is -2.11. The molecule has 2 heterocycles. The Balaban J connectivity index is 1.57. The molecule has 146 valence electrons. The molecule has 0 spiro atoms. The Morgan fingerprint density at radius 2 is 2.07 bits per heavy atom. The maximum atomic E-state index is 12.6. The van der Waals surface area contributed by atoms with E-state index >= 15 is 0 Å². The van der Waals surface area contributed by atoms with Crippen LogP contribution in [0.15, 0.2) is 63.7 Å². The first-order valence-corrected chi connectivity index (χ1v) is 9.96. The summed E-state index contributed by atoms with van der Waals surface area (Å²) < 4.78 is 12.0. The first-order chi connectivity index (χ1) is 14.0. The van der Waals surface area contributed by atoms with Gasteiger partial charge in [-0.05, 0) is 65.3 Å². The van der Waals surface area contributed by atoms with Crippen LogP contribution in [0, 0.1) is 0 Å². The van der Waals surface area contributed by atoms with Gasteiger partial charge in [-0.1, -0.05) is 11.6 Å². The van der Waals surface area contributed by atoms with Crippen molar-refractivity contribution in [2.45, 2.75) is 6.92 Å². The van der Waals surface area contributed by atoms with Crippen LogP contribution in [-0.4, -0.2) is 22.5 Å². The monoisotopic (exact) mass is 471 g/mol. The predicted molar refractivity (Wildman–Crippen MR) is 116 cm³/mol. The second-order valence-electron chi connectivity index (χ2n) is 6.13. The zero-order chi connectivity index (χ0) is 20.4. The van der Waals surface area contributed by atoms with Crippen LogP contribution < -0.4 is 10.1 Å². The lowest BCUT2D eigenvalue weighted by atomic mass is 10.2. The number of hydrogen-bond acceptors (Lipinski definition) is 5. The molecule has 0 saturated heterocycles. The number of benzene rings is 2. The Bertz CT molecular complexity index is 1210. The molecule has 2 aromatic carbocycles. The van der Waals surface area contributed by atoms with Crippen LogP contribution in [0.2, 0.25) is 5.02 Å². The summed E-state index contributed by atoms with van der Waals surface area (Å²) in [4.78, 5) is 21.2. The van der Waals surface area contributed by atoms with Crippen molar-refractivity contribution >= 4 is 50.2 Å². The number of oxazole rings is 1. The highest BCUT2D eigenvalue weighted by Crippen LogP contribution is 2.28. The maximum Gasteiger partial charge on any atom is 0.255 e. The molecule has 6 nitrogen and oxygen atoms in total. The van der Waals surface area contributed by atoms with E-state index in [0.717, 1.165) is 10.0 Å². The highest BCUT2D eigenvalue weighted by Gasteiger charge is 2.13. The summed E-state index contributed by atoms with van der Waals surface area (Å²) in [6.45, 7) is 2.37.